The van der Waals surface area contributed by atoms with Gasteiger partial charge in [-0.25, -0.2) is 9.59 Å². The number of carboxylic acid groups (broad SMARTS) is 2. The number of allylic oxidation sites excluding steroid dienone is 2. The van der Waals surface area contributed by atoms with Crippen molar-refractivity contribution < 1.29 is 33.0 Å². The molecule has 1 aliphatic heterocycles. The van der Waals surface area contributed by atoms with E-state index in [1.54, 1.807) is 12.1 Å². The summed E-state index contributed by atoms with van der Waals surface area (Å²) in [4.78, 5) is 22.8. The summed E-state index contributed by atoms with van der Waals surface area (Å²) in [5.74, 6) is -2.91. The maximum absolute atomic E-state index is 13.1. The van der Waals surface area contributed by atoms with Gasteiger partial charge in [-0.15, -0.1) is 0 Å². The smallest absolute Gasteiger partial charge is 0.416 e. The minimum atomic E-state index is -4.27. The molecular formula is C21H27F3N2O4. The van der Waals surface area contributed by atoms with Crippen molar-refractivity contribution >= 4 is 11.9 Å². The SMILES string of the molecule is FC(F)(F)c1ccccc1CN1CCN(CC2CC=CCC2)CC1.O=C(O)C(=O)O. The van der Waals surface area contributed by atoms with Crippen LogP contribution in [0.2, 0.25) is 0 Å². The maximum Gasteiger partial charge on any atom is 0.416 e. The number of halogens is 3. The monoisotopic (exact) mass is 428 g/mol. The van der Waals surface area contributed by atoms with Gasteiger partial charge in [0.15, 0.2) is 0 Å². The summed E-state index contributed by atoms with van der Waals surface area (Å²) >= 11 is 0. The lowest BCUT2D eigenvalue weighted by molar-refractivity contribution is -0.159. The number of hydrogen-bond donors (Lipinski definition) is 2. The lowest BCUT2D eigenvalue weighted by Gasteiger charge is -2.37. The second-order valence-electron chi connectivity index (χ2n) is 7.49. The zero-order valence-electron chi connectivity index (χ0n) is 16.6. The standard InChI is InChI=1S/C19H25F3N2.C2H2O4/c20-19(21,22)18-9-5-4-8-17(18)15-24-12-10-23(11-13-24)14-16-6-2-1-3-7-16;3-1(4)2(5)6/h1-2,4-5,8-9,16H,3,6-7,10-15H2;(H,3,4)(H,5,6). The first kappa shape index (κ1) is 23.9. The largest absolute Gasteiger partial charge is 0.473 e. The van der Waals surface area contributed by atoms with Gasteiger partial charge in [0.2, 0.25) is 0 Å². The van der Waals surface area contributed by atoms with E-state index in [2.05, 4.69) is 22.0 Å². The van der Waals surface area contributed by atoms with Crippen molar-refractivity contribution in [2.45, 2.75) is 32.0 Å². The number of alkyl halides is 3. The topological polar surface area (TPSA) is 81.1 Å². The molecule has 0 amide bonds. The summed E-state index contributed by atoms with van der Waals surface area (Å²) in [5, 5.41) is 14.8. The van der Waals surface area contributed by atoms with Crippen LogP contribution in [0.3, 0.4) is 0 Å². The van der Waals surface area contributed by atoms with E-state index in [4.69, 9.17) is 19.8 Å². The number of rotatable bonds is 4. The van der Waals surface area contributed by atoms with E-state index in [0.29, 0.717) is 12.1 Å². The summed E-state index contributed by atoms with van der Waals surface area (Å²) in [5.41, 5.74) is -0.114. The van der Waals surface area contributed by atoms with Crippen LogP contribution in [0.15, 0.2) is 36.4 Å². The number of nitrogens with zero attached hydrogens (tertiary/aromatic N) is 2. The Kier molecular flexibility index (Phi) is 8.86. The van der Waals surface area contributed by atoms with E-state index in [0.717, 1.165) is 38.6 Å². The molecule has 9 heteroatoms. The number of hydrogen-bond acceptors (Lipinski definition) is 4. The Morgan fingerprint density at radius 2 is 1.57 bits per heavy atom. The second kappa shape index (κ2) is 11.1. The van der Waals surface area contributed by atoms with Gasteiger partial charge in [0.1, 0.15) is 0 Å². The average molecular weight is 428 g/mol. The quantitative estimate of drug-likeness (QED) is 0.566. The van der Waals surface area contributed by atoms with E-state index in [9.17, 15) is 13.2 Å². The molecule has 0 bridgehead atoms. The fourth-order valence-electron chi connectivity index (χ4n) is 3.69. The second-order valence-corrected chi connectivity index (χ2v) is 7.49. The van der Waals surface area contributed by atoms with E-state index >= 15 is 0 Å². The molecule has 1 saturated heterocycles. The summed E-state index contributed by atoms with van der Waals surface area (Å²) in [6.45, 7) is 5.10. The minimum Gasteiger partial charge on any atom is -0.473 e. The van der Waals surface area contributed by atoms with Crippen molar-refractivity contribution in [3.8, 4) is 0 Å². The summed E-state index contributed by atoms with van der Waals surface area (Å²) < 4.78 is 39.3. The van der Waals surface area contributed by atoms with E-state index < -0.39 is 23.7 Å². The van der Waals surface area contributed by atoms with Crippen LogP contribution in [0.4, 0.5) is 13.2 Å². The van der Waals surface area contributed by atoms with Gasteiger partial charge < -0.3 is 15.1 Å². The van der Waals surface area contributed by atoms with Crippen LogP contribution in [-0.2, 0) is 22.3 Å². The molecule has 0 radical (unpaired) electrons. The Labute approximate surface area is 173 Å². The third-order valence-corrected chi connectivity index (χ3v) is 5.26. The van der Waals surface area contributed by atoms with E-state index in [1.807, 2.05) is 0 Å². The predicted octanol–water partition coefficient (Wildman–Crippen LogP) is 3.33. The van der Waals surface area contributed by atoms with Crippen LogP contribution in [0.25, 0.3) is 0 Å². The first-order valence-corrected chi connectivity index (χ1v) is 9.88. The van der Waals surface area contributed by atoms with Crippen molar-refractivity contribution in [1.82, 2.24) is 9.80 Å². The summed E-state index contributed by atoms with van der Waals surface area (Å²) in [7, 11) is 0. The van der Waals surface area contributed by atoms with Gasteiger partial charge >= 0.3 is 18.1 Å². The van der Waals surface area contributed by atoms with Crippen molar-refractivity contribution in [2.75, 3.05) is 32.7 Å². The van der Waals surface area contributed by atoms with Crippen molar-refractivity contribution in [3.63, 3.8) is 0 Å². The van der Waals surface area contributed by atoms with Crippen LogP contribution >= 0.6 is 0 Å². The third-order valence-electron chi connectivity index (χ3n) is 5.26. The molecule has 1 unspecified atom stereocenters. The number of benzene rings is 1. The molecule has 1 heterocycles. The Balaban J connectivity index is 0.000000469. The van der Waals surface area contributed by atoms with E-state index in [-0.39, 0.29) is 0 Å². The van der Waals surface area contributed by atoms with Crippen LogP contribution in [0, 0.1) is 5.92 Å². The van der Waals surface area contributed by atoms with Crippen molar-refractivity contribution in [2.24, 2.45) is 5.92 Å². The highest BCUT2D eigenvalue weighted by Gasteiger charge is 2.33. The molecule has 2 N–H and O–H groups in total. The molecule has 1 fully saturated rings. The van der Waals surface area contributed by atoms with Crippen LogP contribution in [0.5, 0.6) is 0 Å². The highest BCUT2D eigenvalue weighted by molar-refractivity contribution is 6.27. The summed E-state index contributed by atoms with van der Waals surface area (Å²) in [6, 6.07) is 5.94. The molecular weight excluding hydrogens is 401 g/mol. The van der Waals surface area contributed by atoms with Gasteiger partial charge in [0.25, 0.3) is 0 Å². The van der Waals surface area contributed by atoms with Gasteiger partial charge in [0, 0.05) is 39.3 Å². The number of carbonyl (C=O) groups is 2. The molecule has 166 valence electrons. The molecule has 1 aliphatic carbocycles. The lowest BCUT2D eigenvalue weighted by Crippen LogP contribution is -2.47. The van der Waals surface area contributed by atoms with E-state index in [1.165, 1.54) is 31.4 Å². The minimum absolute atomic E-state index is 0.385. The molecule has 30 heavy (non-hydrogen) atoms. The Morgan fingerprint density at radius 1 is 0.967 bits per heavy atom. The predicted molar refractivity (Wildman–Crippen MR) is 105 cm³/mol. The van der Waals surface area contributed by atoms with Crippen LogP contribution in [-0.4, -0.2) is 64.7 Å². The molecule has 3 rings (SSSR count). The Hall–Kier alpha value is -2.39. The normalized spacial score (nSPS) is 20.3. The molecule has 2 aliphatic rings. The van der Waals surface area contributed by atoms with Crippen molar-refractivity contribution in [1.29, 1.82) is 0 Å². The number of carboxylic acids is 2. The van der Waals surface area contributed by atoms with Gasteiger partial charge in [0.05, 0.1) is 5.56 Å². The van der Waals surface area contributed by atoms with Gasteiger partial charge in [-0.3, -0.25) is 4.90 Å². The van der Waals surface area contributed by atoms with Gasteiger partial charge in [-0.05, 0) is 36.8 Å². The Morgan fingerprint density at radius 3 is 2.10 bits per heavy atom. The number of piperazine rings is 1. The maximum atomic E-state index is 13.1. The zero-order chi connectivity index (χ0) is 22.1. The molecule has 0 spiro atoms. The highest BCUT2D eigenvalue weighted by atomic mass is 19.4. The Bertz CT molecular complexity index is 732. The average Bonchev–Trinajstić information content (AvgIpc) is 2.70. The molecule has 0 aromatic heterocycles. The fraction of sp³-hybridized carbons (Fsp3) is 0.524. The first-order chi connectivity index (χ1) is 14.2. The number of aliphatic carboxylic acids is 2. The van der Waals surface area contributed by atoms with Crippen LogP contribution < -0.4 is 0 Å². The lowest BCUT2D eigenvalue weighted by atomic mass is 9.94. The van der Waals surface area contributed by atoms with Crippen molar-refractivity contribution in [3.05, 3.63) is 47.5 Å². The molecule has 1 atom stereocenters. The third kappa shape index (κ3) is 7.79. The van der Waals surface area contributed by atoms with Gasteiger partial charge in [-0.1, -0.05) is 30.4 Å². The summed E-state index contributed by atoms with van der Waals surface area (Å²) in [6.07, 6.45) is 3.87. The highest BCUT2D eigenvalue weighted by Crippen LogP contribution is 2.32. The molecule has 0 saturated carbocycles. The van der Waals surface area contributed by atoms with Crippen LogP contribution in [0.1, 0.15) is 30.4 Å². The molecule has 1 aromatic carbocycles. The zero-order valence-corrected chi connectivity index (χ0v) is 16.6. The first-order valence-electron chi connectivity index (χ1n) is 9.88. The molecule has 6 nitrogen and oxygen atoms in total. The van der Waals surface area contributed by atoms with Gasteiger partial charge in [-0.2, -0.15) is 13.2 Å². The fourth-order valence-corrected chi connectivity index (χ4v) is 3.69. The molecule has 1 aromatic rings.